The minimum atomic E-state index is 0.775. The van der Waals surface area contributed by atoms with Gasteiger partial charge in [-0.15, -0.1) is 0 Å². The van der Waals surface area contributed by atoms with Crippen molar-refractivity contribution in [3.05, 3.63) is 57.3 Å². The number of hydrogen-bond acceptors (Lipinski definition) is 1. The molecule has 0 unspecified atom stereocenters. The quantitative estimate of drug-likeness (QED) is 0.790. The van der Waals surface area contributed by atoms with Crippen LogP contribution in [-0.4, -0.2) is 10.9 Å². The molecule has 0 aliphatic rings. The molecule has 0 N–H and O–H groups in total. The van der Waals surface area contributed by atoms with E-state index in [9.17, 15) is 4.79 Å². The molecule has 0 saturated carbocycles. The predicted molar refractivity (Wildman–Crippen MR) is 72.5 cm³/mol. The summed E-state index contributed by atoms with van der Waals surface area (Å²) in [6.45, 7) is 4.80. The van der Waals surface area contributed by atoms with Crippen LogP contribution in [0.15, 0.2) is 34.8 Å². The molecule has 0 spiro atoms. The standard InChI is InChI=1S/C14H14BrNO/c1-10-6-13(9-17)11(2)16(10)8-12-4-3-5-14(15)7-12/h3-7,9H,8H2,1-2H3. The summed E-state index contributed by atoms with van der Waals surface area (Å²) in [5.41, 5.74) is 4.14. The molecule has 88 valence electrons. The maximum absolute atomic E-state index is 10.9. The van der Waals surface area contributed by atoms with Crippen molar-refractivity contribution in [1.82, 2.24) is 4.57 Å². The Balaban J connectivity index is 2.36. The number of hydrogen-bond donors (Lipinski definition) is 0. The molecule has 17 heavy (non-hydrogen) atoms. The molecule has 0 amide bonds. The summed E-state index contributed by atoms with van der Waals surface area (Å²) in [4.78, 5) is 10.9. The van der Waals surface area contributed by atoms with Crippen molar-refractivity contribution in [3.8, 4) is 0 Å². The molecule has 0 saturated heterocycles. The Morgan fingerprint density at radius 2 is 2.06 bits per heavy atom. The summed E-state index contributed by atoms with van der Waals surface area (Å²) < 4.78 is 3.24. The molecule has 0 bridgehead atoms. The highest BCUT2D eigenvalue weighted by atomic mass is 79.9. The second-order valence-electron chi connectivity index (χ2n) is 4.16. The first-order chi connectivity index (χ1) is 8.11. The average Bonchev–Trinajstić information content (AvgIpc) is 2.56. The SMILES string of the molecule is Cc1cc(C=O)c(C)n1Cc1cccc(Br)c1. The van der Waals surface area contributed by atoms with Gasteiger partial charge in [0.1, 0.15) is 0 Å². The minimum Gasteiger partial charge on any atom is -0.344 e. The van der Waals surface area contributed by atoms with Gasteiger partial charge in [-0.25, -0.2) is 0 Å². The van der Waals surface area contributed by atoms with Crippen molar-refractivity contribution in [2.45, 2.75) is 20.4 Å². The van der Waals surface area contributed by atoms with E-state index in [4.69, 9.17) is 0 Å². The number of aromatic nitrogens is 1. The molecule has 2 nitrogen and oxygen atoms in total. The first-order valence-corrected chi connectivity index (χ1v) is 6.27. The van der Waals surface area contributed by atoms with Gasteiger partial charge >= 0.3 is 0 Å². The smallest absolute Gasteiger partial charge is 0.151 e. The average molecular weight is 292 g/mol. The van der Waals surface area contributed by atoms with Crippen molar-refractivity contribution in [1.29, 1.82) is 0 Å². The lowest BCUT2D eigenvalue weighted by molar-refractivity contribution is 0.112. The molecule has 1 aromatic heterocycles. The molecule has 0 aliphatic carbocycles. The van der Waals surface area contributed by atoms with E-state index in [1.807, 2.05) is 32.0 Å². The highest BCUT2D eigenvalue weighted by Crippen LogP contribution is 2.17. The highest BCUT2D eigenvalue weighted by Gasteiger charge is 2.08. The predicted octanol–water partition coefficient (Wildman–Crippen LogP) is 3.73. The molecule has 2 aromatic rings. The van der Waals surface area contributed by atoms with Gasteiger partial charge in [-0.3, -0.25) is 4.79 Å². The third-order valence-corrected chi connectivity index (χ3v) is 3.46. The van der Waals surface area contributed by atoms with Crippen LogP contribution in [0.3, 0.4) is 0 Å². The number of nitrogens with zero attached hydrogens (tertiary/aromatic N) is 1. The summed E-state index contributed by atoms with van der Waals surface area (Å²) >= 11 is 3.47. The Morgan fingerprint density at radius 1 is 1.29 bits per heavy atom. The van der Waals surface area contributed by atoms with Crippen LogP contribution in [0.2, 0.25) is 0 Å². The van der Waals surface area contributed by atoms with E-state index in [2.05, 4.69) is 32.6 Å². The van der Waals surface area contributed by atoms with E-state index >= 15 is 0 Å². The van der Waals surface area contributed by atoms with Gasteiger partial charge in [0.2, 0.25) is 0 Å². The number of halogens is 1. The van der Waals surface area contributed by atoms with Gasteiger partial charge in [0.25, 0.3) is 0 Å². The molecule has 0 aliphatic heterocycles. The summed E-state index contributed by atoms with van der Waals surface area (Å²) in [6, 6.07) is 10.1. The van der Waals surface area contributed by atoms with Crippen molar-refractivity contribution < 1.29 is 4.79 Å². The maximum atomic E-state index is 10.9. The lowest BCUT2D eigenvalue weighted by Gasteiger charge is -2.09. The van der Waals surface area contributed by atoms with Gasteiger partial charge in [-0.2, -0.15) is 0 Å². The topological polar surface area (TPSA) is 22.0 Å². The van der Waals surface area contributed by atoms with Gasteiger partial charge in [-0.05, 0) is 37.6 Å². The number of benzene rings is 1. The van der Waals surface area contributed by atoms with E-state index < -0.39 is 0 Å². The molecule has 0 radical (unpaired) electrons. The molecular weight excluding hydrogens is 278 g/mol. The van der Waals surface area contributed by atoms with Crippen LogP contribution < -0.4 is 0 Å². The Morgan fingerprint density at radius 3 is 2.65 bits per heavy atom. The van der Waals surface area contributed by atoms with Crippen LogP contribution in [-0.2, 0) is 6.54 Å². The molecule has 1 aromatic carbocycles. The Bertz CT molecular complexity index is 557. The fourth-order valence-corrected chi connectivity index (χ4v) is 2.45. The van der Waals surface area contributed by atoms with E-state index in [-0.39, 0.29) is 0 Å². The fraction of sp³-hybridized carbons (Fsp3) is 0.214. The van der Waals surface area contributed by atoms with Crippen LogP contribution in [0.25, 0.3) is 0 Å². The van der Waals surface area contributed by atoms with Gasteiger partial charge in [0.05, 0.1) is 0 Å². The first kappa shape index (κ1) is 12.1. The zero-order valence-electron chi connectivity index (χ0n) is 9.90. The lowest BCUT2D eigenvalue weighted by atomic mass is 10.2. The first-order valence-electron chi connectivity index (χ1n) is 5.48. The summed E-state index contributed by atoms with van der Waals surface area (Å²) in [5.74, 6) is 0. The summed E-state index contributed by atoms with van der Waals surface area (Å²) in [5, 5.41) is 0. The monoisotopic (exact) mass is 291 g/mol. The largest absolute Gasteiger partial charge is 0.344 e. The van der Waals surface area contributed by atoms with E-state index in [0.717, 1.165) is 34.3 Å². The molecule has 0 fully saturated rings. The molecule has 1 heterocycles. The third-order valence-electron chi connectivity index (χ3n) is 2.97. The van der Waals surface area contributed by atoms with Crippen LogP contribution in [0, 0.1) is 13.8 Å². The van der Waals surface area contributed by atoms with Gasteiger partial charge in [0.15, 0.2) is 6.29 Å². The molecule has 3 heteroatoms. The second kappa shape index (κ2) is 4.88. The van der Waals surface area contributed by atoms with Gasteiger partial charge < -0.3 is 4.57 Å². The van der Waals surface area contributed by atoms with E-state index in [1.165, 1.54) is 5.56 Å². The van der Waals surface area contributed by atoms with Crippen molar-refractivity contribution >= 4 is 22.2 Å². The molecular formula is C14H14BrNO. The van der Waals surface area contributed by atoms with Gasteiger partial charge in [0, 0.05) is 28.0 Å². The van der Waals surface area contributed by atoms with Crippen LogP contribution >= 0.6 is 15.9 Å². The Hall–Kier alpha value is -1.35. The number of carbonyl (C=O) groups is 1. The van der Waals surface area contributed by atoms with E-state index in [1.54, 1.807) is 0 Å². The van der Waals surface area contributed by atoms with Crippen LogP contribution in [0.4, 0.5) is 0 Å². The highest BCUT2D eigenvalue weighted by molar-refractivity contribution is 9.10. The zero-order chi connectivity index (χ0) is 12.4. The van der Waals surface area contributed by atoms with Gasteiger partial charge in [-0.1, -0.05) is 28.1 Å². The van der Waals surface area contributed by atoms with Crippen LogP contribution in [0.1, 0.15) is 27.3 Å². The van der Waals surface area contributed by atoms with E-state index in [0.29, 0.717) is 0 Å². The number of aryl methyl sites for hydroxylation is 1. The normalized spacial score (nSPS) is 10.5. The number of rotatable bonds is 3. The second-order valence-corrected chi connectivity index (χ2v) is 5.08. The van der Waals surface area contributed by atoms with Crippen molar-refractivity contribution in [2.75, 3.05) is 0 Å². The summed E-state index contributed by atoms with van der Waals surface area (Å²) in [6.07, 6.45) is 0.916. The summed E-state index contributed by atoms with van der Waals surface area (Å²) in [7, 11) is 0. The minimum absolute atomic E-state index is 0.775. The zero-order valence-corrected chi connectivity index (χ0v) is 11.5. The Labute approximate surface area is 109 Å². The van der Waals surface area contributed by atoms with Crippen molar-refractivity contribution in [3.63, 3.8) is 0 Å². The molecule has 2 rings (SSSR count). The third kappa shape index (κ3) is 2.50. The molecule has 0 atom stereocenters. The number of carbonyl (C=O) groups excluding carboxylic acids is 1. The Kier molecular flexibility index (Phi) is 3.48. The fourth-order valence-electron chi connectivity index (χ4n) is 2.01. The van der Waals surface area contributed by atoms with Crippen molar-refractivity contribution in [2.24, 2.45) is 0 Å². The lowest BCUT2D eigenvalue weighted by Crippen LogP contribution is -2.04. The number of aldehydes is 1. The maximum Gasteiger partial charge on any atom is 0.151 e. The van der Waals surface area contributed by atoms with Crippen LogP contribution in [0.5, 0.6) is 0 Å².